The summed E-state index contributed by atoms with van der Waals surface area (Å²) < 4.78 is 0. The zero-order valence-corrected chi connectivity index (χ0v) is 6.89. The molecule has 1 aliphatic rings. The molecular weight excluding hydrogens is 110 g/mol. The summed E-state index contributed by atoms with van der Waals surface area (Å²) in [6, 6.07) is 1.65. The van der Waals surface area contributed by atoms with E-state index in [1.54, 1.807) is 0 Å². The van der Waals surface area contributed by atoms with Crippen LogP contribution in [0.25, 0.3) is 0 Å². The molecule has 2 atom stereocenters. The van der Waals surface area contributed by atoms with Gasteiger partial charge in [-0.05, 0) is 19.8 Å². The van der Waals surface area contributed by atoms with Gasteiger partial charge in [-0.15, -0.1) is 0 Å². The lowest BCUT2D eigenvalue weighted by atomic mass is 10.1. The number of rotatable bonds is 2. The van der Waals surface area contributed by atoms with Crippen molar-refractivity contribution in [3.05, 3.63) is 0 Å². The largest absolute Gasteiger partial charge is 0.295 e. The molecule has 0 aromatic heterocycles. The van der Waals surface area contributed by atoms with E-state index in [0.29, 0.717) is 0 Å². The van der Waals surface area contributed by atoms with Crippen molar-refractivity contribution < 1.29 is 0 Å². The molecule has 0 aromatic carbocycles. The Bertz CT molecular complexity index is 84.7. The topological polar surface area (TPSA) is 3.01 Å². The smallest absolute Gasteiger partial charge is 0.0249 e. The highest BCUT2D eigenvalue weighted by Crippen LogP contribution is 2.27. The van der Waals surface area contributed by atoms with Crippen molar-refractivity contribution in [3.63, 3.8) is 0 Å². The molecule has 1 heteroatoms. The predicted molar refractivity (Wildman–Crippen MR) is 40.5 cm³/mol. The summed E-state index contributed by atoms with van der Waals surface area (Å²) in [5.41, 5.74) is 0. The van der Waals surface area contributed by atoms with Crippen molar-refractivity contribution in [3.8, 4) is 0 Å². The van der Waals surface area contributed by atoms with Crippen LogP contribution < -0.4 is 0 Å². The van der Waals surface area contributed by atoms with Crippen molar-refractivity contribution in [2.24, 2.45) is 5.92 Å². The molecular formula is C8H17N. The summed E-state index contributed by atoms with van der Waals surface area (Å²) in [5, 5.41) is 0. The van der Waals surface area contributed by atoms with Crippen LogP contribution >= 0.6 is 0 Å². The van der Waals surface area contributed by atoms with Crippen LogP contribution in [0, 0.1) is 5.92 Å². The lowest BCUT2D eigenvalue weighted by molar-refractivity contribution is 0.382. The summed E-state index contributed by atoms with van der Waals surface area (Å²) in [6.07, 6.45) is 0. The van der Waals surface area contributed by atoms with Gasteiger partial charge in [0.25, 0.3) is 0 Å². The summed E-state index contributed by atoms with van der Waals surface area (Å²) in [6.45, 7) is 10.5. The Hall–Kier alpha value is -0.0400. The normalized spacial score (nSPS) is 34.0. The van der Waals surface area contributed by atoms with E-state index in [-0.39, 0.29) is 0 Å². The van der Waals surface area contributed by atoms with Gasteiger partial charge in [0.1, 0.15) is 0 Å². The number of hydrogen-bond acceptors (Lipinski definition) is 1. The van der Waals surface area contributed by atoms with Crippen molar-refractivity contribution >= 4 is 0 Å². The SMILES string of the molecule is CC(C)[C@@H]1CN1C(C)C. The molecule has 0 aromatic rings. The van der Waals surface area contributed by atoms with Gasteiger partial charge >= 0.3 is 0 Å². The van der Waals surface area contributed by atoms with E-state index in [2.05, 4.69) is 32.6 Å². The maximum Gasteiger partial charge on any atom is 0.0249 e. The molecule has 1 aliphatic heterocycles. The number of nitrogens with zero attached hydrogens (tertiary/aromatic N) is 1. The van der Waals surface area contributed by atoms with E-state index in [1.165, 1.54) is 6.54 Å². The van der Waals surface area contributed by atoms with E-state index in [9.17, 15) is 0 Å². The lowest BCUT2D eigenvalue weighted by Crippen LogP contribution is -2.14. The van der Waals surface area contributed by atoms with Crippen LogP contribution in [-0.4, -0.2) is 23.5 Å². The molecule has 54 valence electrons. The van der Waals surface area contributed by atoms with Crippen LogP contribution in [0.15, 0.2) is 0 Å². The quantitative estimate of drug-likeness (QED) is 0.510. The second-order valence-corrected chi connectivity index (χ2v) is 3.60. The molecule has 1 unspecified atom stereocenters. The minimum absolute atomic E-state index is 0.761. The number of hydrogen-bond donors (Lipinski definition) is 0. The Labute approximate surface area is 58.0 Å². The average Bonchev–Trinajstić information content (AvgIpc) is 2.39. The van der Waals surface area contributed by atoms with Gasteiger partial charge in [0.15, 0.2) is 0 Å². The van der Waals surface area contributed by atoms with Crippen LogP contribution in [0.2, 0.25) is 0 Å². The highest BCUT2D eigenvalue weighted by Gasteiger charge is 2.37. The molecule has 1 fully saturated rings. The monoisotopic (exact) mass is 127 g/mol. The summed E-state index contributed by atoms with van der Waals surface area (Å²) in [7, 11) is 0. The van der Waals surface area contributed by atoms with E-state index in [0.717, 1.165) is 18.0 Å². The van der Waals surface area contributed by atoms with Crippen LogP contribution in [-0.2, 0) is 0 Å². The molecule has 0 aliphatic carbocycles. The molecule has 0 N–H and O–H groups in total. The maximum atomic E-state index is 2.53. The third-order valence-corrected chi connectivity index (χ3v) is 2.12. The minimum atomic E-state index is 0.761. The van der Waals surface area contributed by atoms with Gasteiger partial charge in [-0.1, -0.05) is 13.8 Å². The molecule has 0 bridgehead atoms. The molecule has 1 heterocycles. The summed E-state index contributed by atoms with van der Waals surface area (Å²) in [5.74, 6) is 0.854. The van der Waals surface area contributed by atoms with E-state index in [4.69, 9.17) is 0 Å². The van der Waals surface area contributed by atoms with Crippen molar-refractivity contribution in [1.82, 2.24) is 4.90 Å². The molecule has 9 heavy (non-hydrogen) atoms. The standard InChI is InChI=1S/C8H17N/c1-6(2)8-5-9(8)7(3)4/h6-8H,5H2,1-4H3/t8-,9?/m0/s1. The zero-order valence-electron chi connectivity index (χ0n) is 6.89. The first-order chi connectivity index (χ1) is 4.13. The van der Waals surface area contributed by atoms with Crippen LogP contribution in [0.3, 0.4) is 0 Å². The Morgan fingerprint density at radius 2 is 1.78 bits per heavy atom. The minimum Gasteiger partial charge on any atom is -0.295 e. The lowest BCUT2D eigenvalue weighted by Gasteiger charge is -2.08. The molecule has 0 amide bonds. The van der Waals surface area contributed by atoms with Crippen LogP contribution in [0.4, 0.5) is 0 Å². The Morgan fingerprint density at radius 3 is 1.89 bits per heavy atom. The van der Waals surface area contributed by atoms with Gasteiger partial charge in [-0.25, -0.2) is 0 Å². The third kappa shape index (κ3) is 1.45. The van der Waals surface area contributed by atoms with Gasteiger partial charge in [0.05, 0.1) is 0 Å². The molecule has 0 radical (unpaired) electrons. The fraction of sp³-hybridized carbons (Fsp3) is 1.00. The highest BCUT2D eigenvalue weighted by atomic mass is 15.3. The fourth-order valence-electron chi connectivity index (χ4n) is 1.36. The molecule has 0 saturated carbocycles. The molecule has 1 rings (SSSR count). The first-order valence-corrected chi connectivity index (χ1v) is 3.88. The molecule has 1 nitrogen and oxygen atoms in total. The van der Waals surface area contributed by atoms with Gasteiger partial charge in [0.2, 0.25) is 0 Å². The predicted octanol–water partition coefficient (Wildman–Crippen LogP) is 1.74. The van der Waals surface area contributed by atoms with Crippen LogP contribution in [0.5, 0.6) is 0 Å². The molecule has 0 spiro atoms. The Balaban J connectivity index is 2.24. The van der Waals surface area contributed by atoms with Crippen molar-refractivity contribution in [1.29, 1.82) is 0 Å². The summed E-state index contributed by atoms with van der Waals surface area (Å²) >= 11 is 0. The zero-order chi connectivity index (χ0) is 7.02. The van der Waals surface area contributed by atoms with E-state index < -0.39 is 0 Å². The first kappa shape index (κ1) is 7.07. The Morgan fingerprint density at radius 1 is 1.22 bits per heavy atom. The highest BCUT2D eigenvalue weighted by molar-refractivity contribution is 4.93. The van der Waals surface area contributed by atoms with Crippen molar-refractivity contribution in [2.75, 3.05) is 6.54 Å². The van der Waals surface area contributed by atoms with Gasteiger partial charge in [0, 0.05) is 18.6 Å². The Kier molecular flexibility index (Phi) is 1.80. The average molecular weight is 127 g/mol. The van der Waals surface area contributed by atoms with Gasteiger partial charge in [-0.3, -0.25) is 4.90 Å². The van der Waals surface area contributed by atoms with E-state index >= 15 is 0 Å². The first-order valence-electron chi connectivity index (χ1n) is 3.88. The third-order valence-electron chi connectivity index (χ3n) is 2.12. The fourth-order valence-corrected chi connectivity index (χ4v) is 1.36. The summed E-state index contributed by atoms with van der Waals surface area (Å²) in [4.78, 5) is 2.53. The van der Waals surface area contributed by atoms with Crippen molar-refractivity contribution in [2.45, 2.75) is 39.8 Å². The van der Waals surface area contributed by atoms with Crippen LogP contribution in [0.1, 0.15) is 27.7 Å². The van der Waals surface area contributed by atoms with E-state index in [1.807, 2.05) is 0 Å². The molecule has 1 saturated heterocycles. The van der Waals surface area contributed by atoms with Gasteiger partial charge < -0.3 is 0 Å². The maximum absolute atomic E-state index is 2.53. The second kappa shape index (κ2) is 2.30. The van der Waals surface area contributed by atoms with Gasteiger partial charge in [-0.2, -0.15) is 0 Å². The second-order valence-electron chi connectivity index (χ2n) is 3.60.